The summed E-state index contributed by atoms with van der Waals surface area (Å²) >= 11 is 11.9. The van der Waals surface area contributed by atoms with Crippen LogP contribution >= 0.6 is 23.2 Å². The SMILES string of the molecule is O=C(NO)c1cccc(Cc2nc3cc(Cl)c(Cl)cc3o2)c1. The van der Waals surface area contributed by atoms with Crippen LogP contribution in [0.15, 0.2) is 40.8 Å². The van der Waals surface area contributed by atoms with Gasteiger partial charge in [0.05, 0.1) is 10.0 Å². The molecule has 7 heteroatoms. The highest BCUT2D eigenvalue weighted by Crippen LogP contribution is 2.28. The van der Waals surface area contributed by atoms with E-state index in [1.807, 2.05) is 6.07 Å². The number of hydroxylamine groups is 1. The Kier molecular flexibility index (Phi) is 4.02. The number of amides is 1. The molecule has 2 aromatic carbocycles. The van der Waals surface area contributed by atoms with Gasteiger partial charge in [0.2, 0.25) is 0 Å². The van der Waals surface area contributed by atoms with E-state index in [2.05, 4.69) is 4.98 Å². The van der Waals surface area contributed by atoms with Gasteiger partial charge in [-0.3, -0.25) is 10.0 Å². The van der Waals surface area contributed by atoms with Gasteiger partial charge in [0.15, 0.2) is 11.5 Å². The second-order valence-electron chi connectivity index (χ2n) is 4.66. The quantitative estimate of drug-likeness (QED) is 0.562. The Hall–Kier alpha value is -2.08. The number of rotatable bonds is 3. The lowest BCUT2D eigenvalue weighted by Crippen LogP contribution is -2.18. The van der Waals surface area contributed by atoms with E-state index in [0.29, 0.717) is 39.0 Å². The van der Waals surface area contributed by atoms with Crippen molar-refractivity contribution in [2.45, 2.75) is 6.42 Å². The van der Waals surface area contributed by atoms with Crippen LogP contribution in [-0.2, 0) is 6.42 Å². The topological polar surface area (TPSA) is 75.4 Å². The summed E-state index contributed by atoms with van der Waals surface area (Å²) in [5.41, 5.74) is 3.94. The second kappa shape index (κ2) is 5.96. The minimum Gasteiger partial charge on any atom is -0.440 e. The van der Waals surface area contributed by atoms with E-state index in [1.54, 1.807) is 35.8 Å². The van der Waals surface area contributed by atoms with Crippen molar-refractivity contribution in [3.63, 3.8) is 0 Å². The molecule has 3 aromatic rings. The minimum absolute atomic E-state index is 0.349. The summed E-state index contributed by atoms with van der Waals surface area (Å²) in [5.74, 6) is -0.0899. The van der Waals surface area contributed by atoms with Crippen LogP contribution in [0.1, 0.15) is 21.8 Å². The van der Waals surface area contributed by atoms with E-state index in [-0.39, 0.29) is 0 Å². The Bertz CT molecular complexity index is 822. The molecule has 0 spiro atoms. The summed E-state index contributed by atoms with van der Waals surface area (Å²) < 4.78 is 5.63. The van der Waals surface area contributed by atoms with Crippen LogP contribution in [0, 0.1) is 0 Å². The first-order chi connectivity index (χ1) is 10.6. The predicted octanol–water partition coefficient (Wildman–Crippen LogP) is 3.84. The van der Waals surface area contributed by atoms with Crippen LogP contribution in [-0.4, -0.2) is 16.1 Å². The fraction of sp³-hybridized carbons (Fsp3) is 0.0667. The van der Waals surface area contributed by atoms with Crippen molar-refractivity contribution in [2.24, 2.45) is 0 Å². The third-order valence-electron chi connectivity index (χ3n) is 3.12. The monoisotopic (exact) mass is 336 g/mol. The maximum Gasteiger partial charge on any atom is 0.274 e. The van der Waals surface area contributed by atoms with Gasteiger partial charge in [-0.1, -0.05) is 35.3 Å². The maximum absolute atomic E-state index is 11.4. The van der Waals surface area contributed by atoms with Crippen molar-refractivity contribution < 1.29 is 14.4 Å². The molecule has 1 aromatic heterocycles. The van der Waals surface area contributed by atoms with E-state index in [9.17, 15) is 4.79 Å². The lowest BCUT2D eigenvalue weighted by atomic mass is 10.1. The van der Waals surface area contributed by atoms with Crippen LogP contribution in [0.2, 0.25) is 10.0 Å². The molecule has 5 nitrogen and oxygen atoms in total. The Balaban J connectivity index is 1.91. The van der Waals surface area contributed by atoms with Gasteiger partial charge in [0.25, 0.3) is 5.91 Å². The predicted molar refractivity (Wildman–Crippen MR) is 82.5 cm³/mol. The number of halogens is 2. The van der Waals surface area contributed by atoms with Crippen LogP contribution in [0.4, 0.5) is 0 Å². The van der Waals surface area contributed by atoms with Crippen molar-refractivity contribution in [1.29, 1.82) is 0 Å². The molecule has 0 fully saturated rings. The number of hydrogen-bond acceptors (Lipinski definition) is 4. The van der Waals surface area contributed by atoms with Crippen molar-refractivity contribution in [3.8, 4) is 0 Å². The van der Waals surface area contributed by atoms with Gasteiger partial charge in [-0.25, -0.2) is 10.5 Å². The summed E-state index contributed by atoms with van der Waals surface area (Å²) in [6.07, 6.45) is 0.399. The fourth-order valence-corrected chi connectivity index (χ4v) is 2.42. The molecular weight excluding hydrogens is 327 g/mol. The molecule has 22 heavy (non-hydrogen) atoms. The molecule has 0 unspecified atom stereocenters. The Labute approximate surface area is 135 Å². The summed E-state index contributed by atoms with van der Waals surface area (Å²) in [6.45, 7) is 0. The molecule has 0 saturated carbocycles. The number of benzene rings is 2. The highest BCUT2D eigenvalue weighted by molar-refractivity contribution is 6.42. The van der Waals surface area contributed by atoms with E-state index in [0.717, 1.165) is 5.56 Å². The van der Waals surface area contributed by atoms with Crippen molar-refractivity contribution in [2.75, 3.05) is 0 Å². The lowest BCUT2D eigenvalue weighted by Gasteiger charge is -2.01. The number of oxazole rings is 1. The molecule has 0 aliphatic rings. The molecule has 1 heterocycles. The number of carbonyl (C=O) groups is 1. The molecule has 1 amide bonds. The standard InChI is InChI=1S/C15H10Cl2N2O3/c16-10-6-12-13(7-11(10)17)22-14(18-12)5-8-2-1-3-9(4-8)15(20)19-21/h1-4,6-7,21H,5H2,(H,19,20). The zero-order chi connectivity index (χ0) is 15.7. The van der Waals surface area contributed by atoms with E-state index >= 15 is 0 Å². The number of aromatic nitrogens is 1. The van der Waals surface area contributed by atoms with Gasteiger partial charge in [-0.2, -0.15) is 0 Å². The first-order valence-corrected chi connectivity index (χ1v) is 7.10. The zero-order valence-corrected chi connectivity index (χ0v) is 12.6. The van der Waals surface area contributed by atoms with Gasteiger partial charge in [-0.15, -0.1) is 0 Å². The largest absolute Gasteiger partial charge is 0.440 e. The molecule has 3 rings (SSSR count). The second-order valence-corrected chi connectivity index (χ2v) is 5.47. The van der Waals surface area contributed by atoms with E-state index in [1.165, 1.54) is 0 Å². The average molecular weight is 337 g/mol. The average Bonchev–Trinajstić information content (AvgIpc) is 2.88. The Morgan fingerprint density at radius 2 is 2.00 bits per heavy atom. The summed E-state index contributed by atoms with van der Waals surface area (Å²) in [5, 5.41) is 9.47. The van der Waals surface area contributed by atoms with Gasteiger partial charge in [0, 0.05) is 18.1 Å². The molecular formula is C15H10Cl2N2O3. The Morgan fingerprint density at radius 3 is 2.77 bits per heavy atom. The normalized spacial score (nSPS) is 10.9. The van der Waals surface area contributed by atoms with Crippen molar-refractivity contribution >= 4 is 40.2 Å². The summed E-state index contributed by atoms with van der Waals surface area (Å²) in [7, 11) is 0. The van der Waals surface area contributed by atoms with Crippen LogP contribution in [0.25, 0.3) is 11.1 Å². The smallest absolute Gasteiger partial charge is 0.274 e. The fourth-order valence-electron chi connectivity index (χ4n) is 2.11. The van der Waals surface area contributed by atoms with Crippen molar-refractivity contribution in [3.05, 3.63) is 63.5 Å². The molecule has 0 aliphatic heterocycles. The summed E-state index contributed by atoms with van der Waals surface area (Å²) in [6, 6.07) is 10.1. The molecule has 0 radical (unpaired) electrons. The minimum atomic E-state index is -0.571. The summed E-state index contributed by atoms with van der Waals surface area (Å²) in [4.78, 5) is 15.7. The number of carbonyl (C=O) groups excluding carboxylic acids is 1. The van der Waals surface area contributed by atoms with Crippen LogP contribution in [0.5, 0.6) is 0 Å². The number of fused-ring (bicyclic) bond motifs is 1. The number of nitrogens with zero attached hydrogens (tertiary/aromatic N) is 1. The molecule has 0 aliphatic carbocycles. The molecule has 0 bridgehead atoms. The molecule has 2 N–H and O–H groups in total. The highest BCUT2D eigenvalue weighted by atomic mass is 35.5. The molecule has 112 valence electrons. The highest BCUT2D eigenvalue weighted by Gasteiger charge is 2.11. The third kappa shape index (κ3) is 2.92. The number of nitrogens with one attached hydrogen (secondary N) is 1. The number of hydrogen-bond donors (Lipinski definition) is 2. The van der Waals surface area contributed by atoms with Crippen LogP contribution < -0.4 is 5.48 Å². The first kappa shape index (κ1) is 14.8. The van der Waals surface area contributed by atoms with Gasteiger partial charge >= 0.3 is 0 Å². The Morgan fingerprint density at radius 1 is 1.23 bits per heavy atom. The van der Waals surface area contributed by atoms with Gasteiger partial charge < -0.3 is 4.42 Å². The lowest BCUT2D eigenvalue weighted by molar-refractivity contribution is 0.0706. The van der Waals surface area contributed by atoms with Crippen LogP contribution in [0.3, 0.4) is 0 Å². The first-order valence-electron chi connectivity index (χ1n) is 6.34. The van der Waals surface area contributed by atoms with E-state index in [4.69, 9.17) is 32.8 Å². The molecule has 0 saturated heterocycles. The molecule has 0 atom stereocenters. The van der Waals surface area contributed by atoms with Crippen molar-refractivity contribution in [1.82, 2.24) is 10.5 Å². The zero-order valence-electron chi connectivity index (χ0n) is 11.1. The van der Waals surface area contributed by atoms with Gasteiger partial charge in [0.1, 0.15) is 5.52 Å². The third-order valence-corrected chi connectivity index (χ3v) is 3.84. The maximum atomic E-state index is 11.4. The van der Waals surface area contributed by atoms with E-state index < -0.39 is 5.91 Å². The van der Waals surface area contributed by atoms with Gasteiger partial charge in [-0.05, 0) is 23.8 Å².